The Kier molecular flexibility index (Phi) is 8.44. The van der Waals surface area contributed by atoms with Crippen molar-refractivity contribution in [2.45, 2.75) is 6.18 Å². The lowest BCUT2D eigenvalue weighted by Gasteiger charge is -2.22. The Morgan fingerprint density at radius 3 is 2.50 bits per heavy atom. The summed E-state index contributed by atoms with van der Waals surface area (Å²) in [6.45, 7) is 1.25. The lowest BCUT2D eigenvalue weighted by Crippen LogP contribution is -2.28. The molecule has 0 atom stereocenters. The summed E-state index contributed by atoms with van der Waals surface area (Å²) in [6, 6.07) is 9.33. The number of nitrogens with one attached hydrogen (secondary N) is 1. The van der Waals surface area contributed by atoms with Gasteiger partial charge in [0.25, 0.3) is 5.69 Å². The van der Waals surface area contributed by atoms with E-state index in [0.29, 0.717) is 40.2 Å². The fourth-order valence-corrected chi connectivity index (χ4v) is 4.49. The van der Waals surface area contributed by atoms with Crippen molar-refractivity contribution in [1.82, 2.24) is 25.1 Å². The number of ether oxygens (including phenoxy) is 1. The Bertz CT molecular complexity index is 1510. The van der Waals surface area contributed by atoms with Crippen LogP contribution in [-0.2, 0) is 6.18 Å². The van der Waals surface area contributed by atoms with Gasteiger partial charge >= 0.3 is 6.18 Å². The van der Waals surface area contributed by atoms with Crippen LogP contribution in [0.2, 0.25) is 0 Å². The fourth-order valence-electron chi connectivity index (χ4n) is 3.68. The number of anilines is 3. The van der Waals surface area contributed by atoms with Crippen LogP contribution in [0.25, 0.3) is 21.3 Å². The van der Waals surface area contributed by atoms with Crippen LogP contribution < -0.4 is 15.0 Å². The second-order valence-corrected chi connectivity index (χ2v) is 9.88. The third-order valence-corrected chi connectivity index (χ3v) is 6.77. The molecular formula is C25H25F3N8O3S. The maximum Gasteiger partial charge on any atom is 0.416 e. The molecule has 0 amide bonds. The van der Waals surface area contributed by atoms with E-state index in [9.17, 15) is 23.3 Å². The molecule has 1 N–H and O–H groups in total. The van der Waals surface area contributed by atoms with E-state index in [0.717, 1.165) is 23.5 Å². The van der Waals surface area contributed by atoms with Crippen LogP contribution in [0.15, 0.2) is 48.7 Å². The largest absolute Gasteiger partial charge is 0.494 e. The van der Waals surface area contributed by atoms with E-state index >= 15 is 0 Å². The SMILES string of the molecule is COc1cc(N(C)CCN(C)C)c([N+](=O)[O-])cc1Nc1nccc(-c2nnc(-c3cccc(C(F)(F)F)c3)s2)n1. The van der Waals surface area contributed by atoms with Crippen LogP contribution in [0.4, 0.5) is 36.2 Å². The Balaban J connectivity index is 1.62. The highest BCUT2D eigenvalue weighted by Gasteiger charge is 2.30. The first-order valence-corrected chi connectivity index (χ1v) is 12.6. The van der Waals surface area contributed by atoms with Gasteiger partial charge < -0.3 is 19.9 Å². The van der Waals surface area contributed by atoms with Gasteiger partial charge in [0.1, 0.15) is 22.1 Å². The summed E-state index contributed by atoms with van der Waals surface area (Å²) in [7, 11) is 7.04. The molecule has 2 heterocycles. The molecule has 0 saturated heterocycles. The van der Waals surface area contributed by atoms with E-state index in [1.165, 1.54) is 31.5 Å². The number of nitro benzene ring substituents is 1. The van der Waals surface area contributed by atoms with E-state index in [2.05, 4.69) is 25.5 Å². The molecule has 0 saturated carbocycles. The van der Waals surface area contributed by atoms with Crippen molar-refractivity contribution in [2.75, 3.05) is 51.6 Å². The molecule has 4 rings (SSSR count). The number of nitro groups is 1. The predicted molar refractivity (Wildman–Crippen MR) is 146 cm³/mol. The topological polar surface area (TPSA) is 122 Å². The molecule has 0 fully saturated rings. The minimum atomic E-state index is -4.48. The number of benzene rings is 2. The minimum absolute atomic E-state index is 0.106. The summed E-state index contributed by atoms with van der Waals surface area (Å²) in [5.74, 6) is 0.448. The molecule has 0 aliphatic rings. The average Bonchev–Trinajstić information content (AvgIpc) is 3.42. The molecule has 15 heteroatoms. The molecule has 0 aliphatic heterocycles. The zero-order valence-electron chi connectivity index (χ0n) is 21.9. The molecule has 40 heavy (non-hydrogen) atoms. The van der Waals surface area contributed by atoms with Crippen molar-refractivity contribution in [3.05, 3.63) is 64.3 Å². The average molecular weight is 575 g/mol. The second kappa shape index (κ2) is 11.8. The van der Waals surface area contributed by atoms with Crippen molar-refractivity contribution < 1.29 is 22.8 Å². The van der Waals surface area contributed by atoms with E-state index in [4.69, 9.17) is 4.74 Å². The lowest BCUT2D eigenvalue weighted by atomic mass is 10.1. The van der Waals surface area contributed by atoms with Crippen LogP contribution in [0.3, 0.4) is 0 Å². The van der Waals surface area contributed by atoms with Gasteiger partial charge in [0.2, 0.25) is 5.95 Å². The van der Waals surface area contributed by atoms with E-state index in [1.807, 2.05) is 19.0 Å². The van der Waals surface area contributed by atoms with Gasteiger partial charge in [0, 0.05) is 44.0 Å². The van der Waals surface area contributed by atoms with Gasteiger partial charge in [-0.25, -0.2) is 9.97 Å². The maximum absolute atomic E-state index is 13.1. The quantitative estimate of drug-likeness (QED) is 0.196. The first kappa shape index (κ1) is 28.6. The van der Waals surface area contributed by atoms with Gasteiger partial charge in [-0.05, 0) is 32.3 Å². The number of hydrogen-bond acceptors (Lipinski definition) is 11. The number of likely N-dealkylation sites (N-methyl/N-ethyl adjacent to an activating group) is 2. The Labute approximate surface area is 231 Å². The number of halogens is 3. The zero-order chi connectivity index (χ0) is 29.0. The van der Waals surface area contributed by atoms with Crippen LogP contribution in [0.5, 0.6) is 5.75 Å². The van der Waals surface area contributed by atoms with Crippen molar-refractivity contribution in [3.63, 3.8) is 0 Å². The number of nitrogens with zero attached hydrogens (tertiary/aromatic N) is 7. The number of methoxy groups -OCH3 is 1. The Hall–Kier alpha value is -4.37. The summed E-state index contributed by atoms with van der Waals surface area (Å²) in [4.78, 5) is 23.8. The normalized spacial score (nSPS) is 11.5. The lowest BCUT2D eigenvalue weighted by molar-refractivity contribution is -0.384. The second-order valence-electron chi connectivity index (χ2n) is 8.90. The minimum Gasteiger partial charge on any atom is -0.494 e. The van der Waals surface area contributed by atoms with Gasteiger partial charge in [-0.15, -0.1) is 10.2 Å². The van der Waals surface area contributed by atoms with Crippen LogP contribution >= 0.6 is 11.3 Å². The third kappa shape index (κ3) is 6.60. The van der Waals surface area contributed by atoms with Gasteiger partial charge in [0.05, 0.1) is 23.3 Å². The van der Waals surface area contributed by atoms with Crippen molar-refractivity contribution >= 4 is 34.3 Å². The monoisotopic (exact) mass is 574 g/mol. The maximum atomic E-state index is 13.1. The van der Waals surface area contributed by atoms with E-state index < -0.39 is 16.7 Å². The smallest absolute Gasteiger partial charge is 0.416 e. The Morgan fingerprint density at radius 2 is 1.82 bits per heavy atom. The number of alkyl halides is 3. The van der Waals surface area contributed by atoms with Gasteiger partial charge in [-0.3, -0.25) is 10.1 Å². The summed E-state index contributed by atoms with van der Waals surface area (Å²) < 4.78 is 44.8. The highest BCUT2D eigenvalue weighted by Crippen LogP contribution is 2.39. The highest BCUT2D eigenvalue weighted by molar-refractivity contribution is 7.17. The van der Waals surface area contributed by atoms with Crippen LogP contribution in [0.1, 0.15) is 5.56 Å². The first-order valence-electron chi connectivity index (χ1n) is 11.8. The van der Waals surface area contributed by atoms with Crippen molar-refractivity contribution in [1.29, 1.82) is 0 Å². The highest BCUT2D eigenvalue weighted by atomic mass is 32.1. The fraction of sp³-hybridized carbons (Fsp3) is 0.280. The standard InChI is InChI=1S/C25H25F3N8O3S/c1-34(2)10-11-35(3)19-14-21(39-4)18(13-20(19)36(37)38)31-24-29-9-8-17(30-24)23-33-32-22(40-23)15-6-5-7-16(12-15)25(26,27)28/h5-9,12-14H,10-11H2,1-4H3,(H,29,30,31). The number of hydrogen-bond donors (Lipinski definition) is 1. The van der Waals surface area contributed by atoms with Gasteiger partial charge in [0.15, 0.2) is 5.01 Å². The molecule has 2 aromatic heterocycles. The molecule has 0 radical (unpaired) electrons. The van der Waals surface area contributed by atoms with Crippen molar-refractivity contribution in [2.24, 2.45) is 0 Å². The number of rotatable bonds is 10. The third-order valence-electron chi connectivity index (χ3n) is 5.77. The molecule has 4 aromatic rings. The summed E-state index contributed by atoms with van der Waals surface area (Å²) >= 11 is 1.07. The Morgan fingerprint density at radius 1 is 1.07 bits per heavy atom. The number of aromatic nitrogens is 4. The van der Waals surface area contributed by atoms with Gasteiger partial charge in [-0.1, -0.05) is 23.5 Å². The molecule has 0 spiro atoms. The summed E-state index contributed by atoms with van der Waals surface area (Å²) in [6.07, 6.45) is -3.02. The molecule has 0 unspecified atom stereocenters. The zero-order valence-corrected chi connectivity index (χ0v) is 22.7. The van der Waals surface area contributed by atoms with E-state index in [1.54, 1.807) is 24.1 Å². The van der Waals surface area contributed by atoms with Crippen molar-refractivity contribution in [3.8, 4) is 27.0 Å². The van der Waals surface area contributed by atoms with Crippen LogP contribution in [-0.4, -0.2) is 71.3 Å². The predicted octanol–water partition coefficient (Wildman–Crippen LogP) is 5.34. The summed E-state index contributed by atoms with van der Waals surface area (Å²) in [5, 5.41) is 23.6. The van der Waals surface area contributed by atoms with E-state index in [-0.39, 0.29) is 22.9 Å². The summed E-state index contributed by atoms with van der Waals surface area (Å²) in [5.41, 5.74) is 0.391. The molecule has 11 nitrogen and oxygen atoms in total. The van der Waals surface area contributed by atoms with Crippen LogP contribution in [0, 0.1) is 10.1 Å². The molecule has 210 valence electrons. The molecular weight excluding hydrogens is 549 g/mol. The molecule has 2 aromatic carbocycles. The first-order chi connectivity index (χ1) is 19.0. The van der Waals surface area contributed by atoms with Gasteiger partial charge in [-0.2, -0.15) is 13.2 Å². The molecule has 0 bridgehead atoms. The molecule has 0 aliphatic carbocycles.